The van der Waals surface area contributed by atoms with Crippen molar-refractivity contribution < 1.29 is 4.79 Å². The quantitative estimate of drug-likeness (QED) is 0.681. The number of hydrogen-bond donors (Lipinski definition) is 2. The Labute approximate surface area is 93.0 Å². The molecule has 0 aromatic heterocycles. The first kappa shape index (κ1) is 12.5. The lowest BCUT2D eigenvalue weighted by molar-refractivity contribution is -0.125. The van der Waals surface area contributed by atoms with Gasteiger partial charge in [-0.05, 0) is 12.8 Å². The molecule has 0 heterocycles. The second-order valence-electron chi connectivity index (χ2n) is 4.73. The fourth-order valence-corrected chi connectivity index (χ4v) is 2.06. The van der Waals surface area contributed by atoms with Crippen LogP contribution in [0.15, 0.2) is 0 Å². The molecular weight excluding hydrogens is 188 g/mol. The molecule has 0 atom stereocenters. The van der Waals surface area contributed by atoms with Crippen LogP contribution in [0.2, 0.25) is 0 Å². The van der Waals surface area contributed by atoms with Crippen LogP contribution in [-0.2, 0) is 4.79 Å². The lowest BCUT2D eigenvalue weighted by Gasteiger charge is -2.20. The van der Waals surface area contributed by atoms with Crippen LogP contribution in [0, 0.1) is 5.92 Å². The van der Waals surface area contributed by atoms with Gasteiger partial charge in [0.15, 0.2) is 0 Å². The normalized spacial score (nSPS) is 18.1. The molecule has 1 saturated carbocycles. The zero-order valence-electron chi connectivity index (χ0n) is 10.0. The smallest absolute Gasteiger partial charge is 0.223 e. The van der Waals surface area contributed by atoms with E-state index in [0.29, 0.717) is 6.04 Å². The van der Waals surface area contributed by atoms with Gasteiger partial charge in [0.2, 0.25) is 5.91 Å². The minimum atomic E-state index is 0.264. The maximum atomic E-state index is 11.7. The molecule has 0 aliphatic heterocycles. The molecular formula is C12H24N2O. The highest BCUT2D eigenvalue weighted by Crippen LogP contribution is 2.23. The SMILES string of the molecule is CC(C)NCCNC(=O)C1CCCCC1. The Hall–Kier alpha value is -0.570. The zero-order valence-corrected chi connectivity index (χ0v) is 10.0. The average Bonchev–Trinajstić information content (AvgIpc) is 2.25. The van der Waals surface area contributed by atoms with Crippen molar-refractivity contribution >= 4 is 5.91 Å². The van der Waals surface area contributed by atoms with E-state index in [9.17, 15) is 4.79 Å². The van der Waals surface area contributed by atoms with E-state index < -0.39 is 0 Å². The summed E-state index contributed by atoms with van der Waals surface area (Å²) in [6.07, 6.45) is 5.93. The van der Waals surface area contributed by atoms with E-state index in [1.165, 1.54) is 19.3 Å². The van der Waals surface area contributed by atoms with E-state index in [1.807, 2.05) is 0 Å². The lowest BCUT2D eigenvalue weighted by Crippen LogP contribution is -2.38. The van der Waals surface area contributed by atoms with Crippen molar-refractivity contribution in [2.24, 2.45) is 5.92 Å². The summed E-state index contributed by atoms with van der Waals surface area (Å²) in [5, 5.41) is 6.30. The zero-order chi connectivity index (χ0) is 11.1. The first-order chi connectivity index (χ1) is 7.20. The van der Waals surface area contributed by atoms with E-state index in [2.05, 4.69) is 24.5 Å². The molecule has 88 valence electrons. The first-order valence-electron chi connectivity index (χ1n) is 6.21. The van der Waals surface area contributed by atoms with Crippen LogP contribution in [0.25, 0.3) is 0 Å². The van der Waals surface area contributed by atoms with E-state index in [1.54, 1.807) is 0 Å². The molecule has 3 heteroatoms. The lowest BCUT2D eigenvalue weighted by atomic mass is 9.89. The highest BCUT2D eigenvalue weighted by molar-refractivity contribution is 5.78. The van der Waals surface area contributed by atoms with Crippen LogP contribution in [0.3, 0.4) is 0 Å². The Morgan fingerprint density at radius 3 is 2.47 bits per heavy atom. The van der Waals surface area contributed by atoms with E-state index in [0.717, 1.165) is 25.9 Å². The Morgan fingerprint density at radius 1 is 1.20 bits per heavy atom. The first-order valence-corrected chi connectivity index (χ1v) is 6.21. The second kappa shape index (κ2) is 6.83. The number of hydrogen-bond acceptors (Lipinski definition) is 2. The molecule has 3 nitrogen and oxygen atoms in total. The van der Waals surface area contributed by atoms with Gasteiger partial charge >= 0.3 is 0 Å². The van der Waals surface area contributed by atoms with Crippen LogP contribution in [-0.4, -0.2) is 25.0 Å². The summed E-state index contributed by atoms with van der Waals surface area (Å²) in [7, 11) is 0. The summed E-state index contributed by atoms with van der Waals surface area (Å²) >= 11 is 0. The summed E-state index contributed by atoms with van der Waals surface area (Å²) in [5.74, 6) is 0.554. The molecule has 2 N–H and O–H groups in total. The largest absolute Gasteiger partial charge is 0.355 e. The third kappa shape index (κ3) is 5.17. The molecule has 0 aromatic carbocycles. The highest BCUT2D eigenvalue weighted by Gasteiger charge is 2.20. The molecule has 0 saturated heterocycles. The van der Waals surface area contributed by atoms with Gasteiger partial charge in [-0.3, -0.25) is 4.79 Å². The van der Waals surface area contributed by atoms with Crippen LogP contribution >= 0.6 is 0 Å². The monoisotopic (exact) mass is 212 g/mol. The number of rotatable bonds is 5. The van der Waals surface area contributed by atoms with Crippen molar-refractivity contribution in [2.75, 3.05) is 13.1 Å². The molecule has 0 unspecified atom stereocenters. The van der Waals surface area contributed by atoms with Gasteiger partial charge in [0.25, 0.3) is 0 Å². The molecule has 1 amide bonds. The van der Waals surface area contributed by atoms with Gasteiger partial charge in [-0.1, -0.05) is 33.1 Å². The van der Waals surface area contributed by atoms with E-state index in [-0.39, 0.29) is 11.8 Å². The number of nitrogens with one attached hydrogen (secondary N) is 2. The third-order valence-corrected chi connectivity index (χ3v) is 2.95. The molecule has 1 aliphatic rings. The van der Waals surface area contributed by atoms with Crippen molar-refractivity contribution in [3.05, 3.63) is 0 Å². The van der Waals surface area contributed by atoms with Gasteiger partial charge in [-0.2, -0.15) is 0 Å². The minimum absolute atomic E-state index is 0.264. The fourth-order valence-electron chi connectivity index (χ4n) is 2.06. The molecule has 1 aliphatic carbocycles. The Bertz CT molecular complexity index is 186. The van der Waals surface area contributed by atoms with Crippen LogP contribution in [0.4, 0.5) is 0 Å². The summed E-state index contributed by atoms with van der Waals surface area (Å²) in [6.45, 7) is 5.86. The van der Waals surface area contributed by atoms with E-state index in [4.69, 9.17) is 0 Å². The van der Waals surface area contributed by atoms with Gasteiger partial charge < -0.3 is 10.6 Å². The van der Waals surface area contributed by atoms with Crippen molar-refractivity contribution in [3.63, 3.8) is 0 Å². The van der Waals surface area contributed by atoms with Gasteiger partial charge in [-0.15, -0.1) is 0 Å². The molecule has 1 rings (SSSR count). The van der Waals surface area contributed by atoms with Gasteiger partial charge in [-0.25, -0.2) is 0 Å². The topological polar surface area (TPSA) is 41.1 Å². The number of carbonyl (C=O) groups is 1. The highest BCUT2D eigenvalue weighted by atomic mass is 16.1. The van der Waals surface area contributed by atoms with Gasteiger partial charge in [0.05, 0.1) is 0 Å². The third-order valence-electron chi connectivity index (χ3n) is 2.95. The van der Waals surface area contributed by atoms with Crippen LogP contribution in [0.5, 0.6) is 0 Å². The summed E-state index contributed by atoms with van der Waals surface area (Å²) in [5.41, 5.74) is 0. The fraction of sp³-hybridized carbons (Fsp3) is 0.917. The molecule has 0 bridgehead atoms. The van der Waals surface area contributed by atoms with Crippen LogP contribution in [0.1, 0.15) is 46.0 Å². The standard InChI is InChI=1S/C12H24N2O/c1-10(2)13-8-9-14-12(15)11-6-4-3-5-7-11/h10-11,13H,3-9H2,1-2H3,(H,14,15). The maximum Gasteiger partial charge on any atom is 0.223 e. The van der Waals surface area contributed by atoms with Crippen molar-refractivity contribution in [1.82, 2.24) is 10.6 Å². The van der Waals surface area contributed by atoms with Gasteiger partial charge in [0, 0.05) is 25.0 Å². The number of carbonyl (C=O) groups excluding carboxylic acids is 1. The maximum absolute atomic E-state index is 11.7. The molecule has 0 aromatic rings. The second-order valence-corrected chi connectivity index (χ2v) is 4.73. The molecule has 0 spiro atoms. The predicted octanol–water partition coefficient (Wildman–Crippen LogP) is 1.68. The Kier molecular flexibility index (Phi) is 5.69. The van der Waals surface area contributed by atoms with Crippen molar-refractivity contribution in [2.45, 2.75) is 52.0 Å². The summed E-state index contributed by atoms with van der Waals surface area (Å²) in [4.78, 5) is 11.7. The Balaban J connectivity index is 2.07. The van der Waals surface area contributed by atoms with Crippen LogP contribution < -0.4 is 10.6 Å². The minimum Gasteiger partial charge on any atom is -0.355 e. The predicted molar refractivity (Wildman–Crippen MR) is 62.7 cm³/mol. The summed E-state index contributed by atoms with van der Waals surface area (Å²) < 4.78 is 0. The van der Waals surface area contributed by atoms with Gasteiger partial charge in [0.1, 0.15) is 0 Å². The number of amides is 1. The Morgan fingerprint density at radius 2 is 1.87 bits per heavy atom. The molecule has 0 radical (unpaired) electrons. The average molecular weight is 212 g/mol. The molecule has 1 fully saturated rings. The summed E-state index contributed by atoms with van der Waals surface area (Å²) in [6, 6.07) is 0.497. The molecule has 15 heavy (non-hydrogen) atoms. The van der Waals surface area contributed by atoms with Crippen molar-refractivity contribution in [3.8, 4) is 0 Å². The van der Waals surface area contributed by atoms with E-state index >= 15 is 0 Å². The van der Waals surface area contributed by atoms with Crippen molar-refractivity contribution in [1.29, 1.82) is 0 Å².